The van der Waals surface area contributed by atoms with E-state index in [9.17, 15) is 4.79 Å². The first-order valence-corrected chi connectivity index (χ1v) is 6.05. The molecule has 1 heterocycles. The van der Waals surface area contributed by atoms with E-state index in [4.69, 9.17) is 5.73 Å². The maximum atomic E-state index is 11.6. The molecule has 1 atom stereocenters. The predicted octanol–water partition coefficient (Wildman–Crippen LogP) is 1.72. The van der Waals surface area contributed by atoms with Gasteiger partial charge < -0.3 is 16.4 Å². The number of hydrogen-bond donors (Lipinski definition) is 3. The van der Waals surface area contributed by atoms with Crippen LogP contribution in [0.25, 0.3) is 0 Å². The monoisotopic (exact) mass is 283 g/mol. The minimum Gasteiger partial charge on any atom is -0.397 e. The molecule has 1 saturated heterocycles. The first-order valence-electron chi connectivity index (χ1n) is 5.26. The van der Waals surface area contributed by atoms with Gasteiger partial charge >= 0.3 is 0 Å². The van der Waals surface area contributed by atoms with Crippen LogP contribution >= 0.6 is 15.9 Å². The number of halogens is 1. The molecule has 1 unspecified atom stereocenters. The van der Waals surface area contributed by atoms with Gasteiger partial charge in [-0.25, -0.2) is 0 Å². The lowest BCUT2D eigenvalue weighted by Crippen LogP contribution is -2.44. The molecule has 1 fully saturated rings. The number of benzene rings is 1. The molecule has 16 heavy (non-hydrogen) atoms. The predicted molar refractivity (Wildman–Crippen MR) is 68.2 cm³/mol. The number of nitrogens with two attached hydrogens (primary N) is 1. The van der Waals surface area contributed by atoms with Crippen molar-refractivity contribution in [2.75, 3.05) is 17.6 Å². The number of anilines is 2. The lowest BCUT2D eigenvalue weighted by atomic mass is 10.1. The van der Waals surface area contributed by atoms with Crippen molar-refractivity contribution in [2.45, 2.75) is 18.9 Å². The first kappa shape index (κ1) is 11.3. The van der Waals surface area contributed by atoms with Crippen molar-refractivity contribution in [3.63, 3.8) is 0 Å². The van der Waals surface area contributed by atoms with Crippen molar-refractivity contribution in [2.24, 2.45) is 0 Å². The van der Waals surface area contributed by atoms with Crippen LogP contribution < -0.4 is 16.4 Å². The minimum atomic E-state index is -0.176. The molecule has 0 aromatic heterocycles. The highest BCUT2D eigenvalue weighted by Gasteiger charge is 2.22. The van der Waals surface area contributed by atoms with Gasteiger partial charge in [0.2, 0.25) is 5.91 Å². The summed E-state index contributed by atoms with van der Waals surface area (Å²) < 4.78 is 0.945. The number of carbonyl (C=O) groups excluding carboxylic acids is 1. The summed E-state index contributed by atoms with van der Waals surface area (Å²) in [6, 6.07) is 5.40. The van der Waals surface area contributed by atoms with Crippen LogP contribution in [0.5, 0.6) is 0 Å². The zero-order chi connectivity index (χ0) is 11.5. The number of piperidine rings is 1. The molecule has 1 aliphatic heterocycles. The number of amides is 1. The molecule has 1 aromatic rings. The molecule has 4 N–H and O–H groups in total. The average Bonchev–Trinajstić information content (AvgIpc) is 2.27. The van der Waals surface area contributed by atoms with Gasteiger partial charge in [-0.3, -0.25) is 4.79 Å². The molecule has 5 heteroatoms. The van der Waals surface area contributed by atoms with Gasteiger partial charge in [-0.05, 0) is 31.0 Å². The third kappa shape index (κ3) is 2.47. The molecule has 4 nitrogen and oxygen atoms in total. The Hall–Kier alpha value is -1.23. The van der Waals surface area contributed by atoms with Crippen molar-refractivity contribution in [3.05, 3.63) is 22.7 Å². The topological polar surface area (TPSA) is 67.2 Å². The number of carbonyl (C=O) groups is 1. The Morgan fingerprint density at radius 2 is 2.31 bits per heavy atom. The van der Waals surface area contributed by atoms with Gasteiger partial charge in [-0.1, -0.05) is 15.9 Å². The van der Waals surface area contributed by atoms with Gasteiger partial charge in [0.15, 0.2) is 0 Å². The Bertz CT molecular complexity index is 408. The van der Waals surface area contributed by atoms with E-state index in [1.165, 1.54) is 0 Å². The second-order valence-electron chi connectivity index (χ2n) is 3.86. The average molecular weight is 284 g/mol. The fraction of sp³-hybridized carbons (Fsp3) is 0.364. The van der Waals surface area contributed by atoms with E-state index >= 15 is 0 Å². The highest BCUT2D eigenvalue weighted by molar-refractivity contribution is 9.10. The Labute approximate surface area is 103 Å². The van der Waals surface area contributed by atoms with E-state index in [2.05, 4.69) is 26.6 Å². The van der Waals surface area contributed by atoms with E-state index < -0.39 is 0 Å². The van der Waals surface area contributed by atoms with Crippen LogP contribution in [0, 0.1) is 0 Å². The maximum absolute atomic E-state index is 11.6. The summed E-state index contributed by atoms with van der Waals surface area (Å²) in [5, 5.41) is 6.01. The Balaban J connectivity index is 2.13. The third-order valence-electron chi connectivity index (χ3n) is 2.63. The zero-order valence-electron chi connectivity index (χ0n) is 8.79. The minimum absolute atomic E-state index is 0.0469. The Morgan fingerprint density at radius 1 is 1.50 bits per heavy atom. The molecular formula is C11H14BrN3O. The van der Waals surface area contributed by atoms with Crippen LogP contribution in [0.1, 0.15) is 12.8 Å². The van der Waals surface area contributed by atoms with E-state index in [1.807, 2.05) is 18.2 Å². The van der Waals surface area contributed by atoms with Crippen LogP contribution in [0.15, 0.2) is 22.7 Å². The van der Waals surface area contributed by atoms with Crippen molar-refractivity contribution in [1.29, 1.82) is 0 Å². The summed E-state index contributed by atoms with van der Waals surface area (Å²) in [6.07, 6.45) is 1.84. The lowest BCUT2D eigenvalue weighted by molar-refractivity contribution is -0.123. The smallest absolute Gasteiger partial charge is 0.242 e. The van der Waals surface area contributed by atoms with E-state index in [-0.39, 0.29) is 11.9 Å². The summed E-state index contributed by atoms with van der Waals surface area (Å²) in [5.74, 6) is 0.0469. The van der Waals surface area contributed by atoms with Crippen LogP contribution in [-0.2, 0) is 4.79 Å². The molecule has 86 valence electrons. The quantitative estimate of drug-likeness (QED) is 0.724. The van der Waals surface area contributed by atoms with Crippen molar-refractivity contribution < 1.29 is 4.79 Å². The second kappa shape index (κ2) is 4.74. The number of rotatable bonds is 2. The summed E-state index contributed by atoms with van der Waals surface area (Å²) in [6.45, 7) is 0.769. The molecule has 0 bridgehead atoms. The zero-order valence-corrected chi connectivity index (χ0v) is 10.4. The fourth-order valence-corrected chi connectivity index (χ4v) is 2.11. The van der Waals surface area contributed by atoms with Gasteiger partial charge in [0.1, 0.15) is 6.04 Å². The van der Waals surface area contributed by atoms with Crippen molar-refractivity contribution in [1.82, 2.24) is 5.32 Å². The first-order chi connectivity index (χ1) is 7.66. The largest absolute Gasteiger partial charge is 0.397 e. The molecule has 0 radical (unpaired) electrons. The maximum Gasteiger partial charge on any atom is 0.242 e. The van der Waals surface area contributed by atoms with Gasteiger partial charge in [0.25, 0.3) is 0 Å². The van der Waals surface area contributed by atoms with E-state index in [1.54, 1.807) is 0 Å². The van der Waals surface area contributed by atoms with Crippen LogP contribution in [-0.4, -0.2) is 18.5 Å². The third-order valence-corrected chi connectivity index (χ3v) is 3.12. The molecule has 0 saturated carbocycles. The molecule has 2 rings (SSSR count). The highest BCUT2D eigenvalue weighted by atomic mass is 79.9. The normalized spacial score (nSPS) is 20.3. The van der Waals surface area contributed by atoms with Crippen molar-refractivity contribution >= 4 is 33.2 Å². The molecular weight excluding hydrogens is 270 g/mol. The highest BCUT2D eigenvalue weighted by Crippen LogP contribution is 2.25. The summed E-state index contributed by atoms with van der Waals surface area (Å²) in [4.78, 5) is 11.6. The second-order valence-corrected chi connectivity index (χ2v) is 4.78. The van der Waals surface area contributed by atoms with Crippen molar-refractivity contribution in [3.8, 4) is 0 Å². The fourth-order valence-electron chi connectivity index (χ4n) is 1.75. The molecule has 1 aliphatic rings. The number of nitrogens with one attached hydrogen (secondary N) is 2. The summed E-state index contributed by atoms with van der Waals surface area (Å²) in [5.41, 5.74) is 7.29. The molecule has 0 aliphatic carbocycles. The standard InChI is InChI=1S/C11H14BrN3O/c12-7-3-4-8(13)10(6-7)15-9-2-1-5-14-11(9)16/h3-4,6,9,15H,1-2,5,13H2,(H,14,16). The van der Waals surface area contributed by atoms with Gasteiger partial charge in [0, 0.05) is 11.0 Å². The number of nitrogen functional groups attached to an aromatic ring is 1. The summed E-state index contributed by atoms with van der Waals surface area (Å²) >= 11 is 3.38. The SMILES string of the molecule is Nc1ccc(Br)cc1NC1CCCNC1=O. The van der Waals surface area contributed by atoms with E-state index in [0.29, 0.717) is 5.69 Å². The van der Waals surface area contributed by atoms with E-state index in [0.717, 1.165) is 29.5 Å². The molecule has 0 spiro atoms. The van der Waals surface area contributed by atoms with Gasteiger partial charge in [-0.2, -0.15) is 0 Å². The van der Waals surface area contributed by atoms with Crippen LogP contribution in [0.4, 0.5) is 11.4 Å². The molecule has 1 amide bonds. The van der Waals surface area contributed by atoms with Gasteiger partial charge in [0.05, 0.1) is 11.4 Å². The number of hydrogen-bond acceptors (Lipinski definition) is 3. The van der Waals surface area contributed by atoms with Crippen LogP contribution in [0.3, 0.4) is 0 Å². The van der Waals surface area contributed by atoms with Gasteiger partial charge in [-0.15, -0.1) is 0 Å². The Kier molecular flexibility index (Phi) is 3.33. The molecule has 1 aromatic carbocycles. The lowest BCUT2D eigenvalue weighted by Gasteiger charge is -2.24. The Morgan fingerprint density at radius 3 is 3.06 bits per heavy atom. The van der Waals surface area contributed by atoms with Crippen LogP contribution in [0.2, 0.25) is 0 Å². The summed E-state index contributed by atoms with van der Waals surface area (Å²) in [7, 11) is 0.